The molecule has 146 valence electrons. The molecule has 0 atom stereocenters. The average Bonchev–Trinajstić information content (AvgIpc) is 3.28. The molecule has 2 heterocycles. The summed E-state index contributed by atoms with van der Waals surface area (Å²) in [5.74, 6) is 0.688. The number of aryl methyl sites for hydroxylation is 2. The topological polar surface area (TPSA) is 55.6 Å². The van der Waals surface area contributed by atoms with Crippen molar-refractivity contribution in [3.8, 4) is 11.4 Å². The lowest BCUT2D eigenvalue weighted by Crippen LogP contribution is -2.19. The fraction of sp³-hybridized carbons (Fsp3) is 0.130. The van der Waals surface area contributed by atoms with Gasteiger partial charge in [0.05, 0.1) is 17.7 Å². The minimum absolute atomic E-state index is 0.129. The maximum atomic E-state index is 12.4. The van der Waals surface area contributed by atoms with Crippen LogP contribution in [0.1, 0.15) is 16.7 Å². The predicted octanol–water partition coefficient (Wildman–Crippen LogP) is 4.99. The Morgan fingerprint density at radius 1 is 1.07 bits per heavy atom. The Balaban J connectivity index is 1.53. The first-order valence-electron chi connectivity index (χ1n) is 9.20. The number of carbonyl (C=O) groups is 1. The van der Waals surface area contributed by atoms with E-state index >= 15 is 0 Å². The van der Waals surface area contributed by atoms with Gasteiger partial charge in [-0.25, -0.2) is 4.99 Å². The first-order valence-corrected chi connectivity index (χ1v) is 10.0. The number of amides is 1. The summed E-state index contributed by atoms with van der Waals surface area (Å²) in [6.45, 7) is 4.08. The summed E-state index contributed by atoms with van der Waals surface area (Å²) in [6, 6.07) is 15.9. The van der Waals surface area contributed by atoms with Crippen LogP contribution in [-0.2, 0) is 4.79 Å². The van der Waals surface area contributed by atoms with Crippen LogP contribution in [0.4, 0.5) is 5.69 Å². The number of thioether (sulfide) groups is 1. The van der Waals surface area contributed by atoms with Crippen molar-refractivity contribution in [2.24, 2.45) is 4.99 Å². The second kappa shape index (κ2) is 8.01. The van der Waals surface area contributed by atoms with Crippen LogP contribution in [0.15, 0.2) is 70.8 Å². The molecule has 5 nitrogen and oxygen atoms in total. The number of ether oxygens (including phenoxy) is 1. The molecule has 1 aliphatic heterocycles. The van der Waals surface area contributed by atoms with E-state index in [-0.39, 0.29) is 5.91 Å². The summed E-state index contributed by atoms with van der Waals surface area (Å²) in [6.07, 6.45) is 5.84. The van der Waals surface area contributed by atoms with E-state index < -0.39 is 0 Å². The standard InChI is InChI=1S/C23H21N3O2S/c1-15-10-16(2)12-18(11-15)24-23-25-22(27)21(29-23)13-17-8-9-26(14-17)19-4-6-20(28-3)7-5-19/h4-14H,1-3H3,(H,24,25,27)/b21-13+. The van der Waals surface area contributed by atoms with E-state index in [1.807, 2.05) is 79.3 Å². The molecular formula is C23H21N3O2S. The molecule has 1 N–H and O–H groups in total. The number of nitrogens with one attached hydrogen (secondary N) is 1. The van der Waals surface area contributed by atoms with E-state index in [4.69, 9.17) is 4.74 Å². The van der Waals surface area contributed by atoms with Crippen molar-refractivity contribution in [1.82, 2.24) is 9.88 Å². The molecule has 0 aliphatic carbocycles. The first-order chi connectivity index (χ1) is 14.0. The van der Waals surface area contributed by atoms with Gasteiger partial charge in [-0.05, 0) is 90.8 Å². The molecule has 1 aliphatic rings. The highest BCUT2D eigenvalue weighted by Gasteiger charge is 2.24. The van der Waals surface area contributed by atoms with Crippen molar-refractivity contribution < 1.29 is 9.53 Å². The van der Waals surface area contributed by atoms with Crippen LogP contribution < -0.4 is 10.1 Å². The normalized spacial score (nSPS) is 16.4. The Morgan fingerprint density at radius 3 is 2.48 bits per heavy atom. The molecule has 29 heavy (non-hydrogen) atoms. The van der Waals surface area contributed by atoms with Gasteiger partial charge in [0.15, 0.2) is 5.17 Å². The third-order valence-corrected chi connectivity index (χ3v) is 5.38. The van der Waals surface area contributed by atoms with E-state index in [9.17, 15) is 4.79 Å². The van der Waals surface area contributed by atoms with Gasteiger partial charge in [-0.3, -0.25) is 4.79 Å². The Hall–Kier alpha value is -3.25. The van der Waals surface area contributed by atoms with Crippen molar-refractivity contribution in [1.29, 1.82) is 0 Å². The van der Waals surface area contributed by atoms with Gasteiger partial charge in [0.2, 0.25) is 0 Å². The molecule has 0 radical (unpaired) electrons. The van der Waals surface area contributed by atoms with Gasteiger partial charge in [-0.1, -0.05) is 6.07 Å². The summed E-state index contributed by atoms with van der Waals surface area (Å²) < 4.78 is 7.21. The Kier molecular flexibility index (Phi) is 5.27. The number of hydrogen-bond acceptors (Lipinski definition) is 4. The summed E-state index contributed by atoms with van der Waals surface area (Å²) in [4.78, 5) is 17.6. The summed E-state index contributed by atoms with van der Waals surface area (Å²) in [5, 5.41) is 3.45. The molecule has 1 saturated heterocycles. The van der Waals surface area contributed by atoms with Crippen LogP contribution in [0, 0.1) is 13.8 Å². The lowest BCUT2D eigenvalue weighted by atomic mass is 10.1. The quantitative estimate of drug-likeness (QED) is 0.624. The summed E-state index contributed by atoms with van der Waals surface area (Å²) in [7, 11) is 1.65. The number of methoxy groups -OCH3 is 1. The lowest BCUT2D eigenvalue weighted by molar-refractivity contribution is -0.115. The number of nitrogens with zero attached hydrogens (tertiary/aromatic N) is 2. The fourth-order valence-electron chi connectivity index (χ4n) is 3.18. The smallest absolute Gasteiger partial charge is 0.264 e. The molecule has 1 aromatic heterocycles. The van der Waals surface area contributed by atoms with Crippen molar-refractivity contribution >= 4 is 34.6 Å². The number of amidine groups is 1. The highest BCUT2D eigenvalue weighted by atomic mass is 32.2. The molecule has 1 fully saturated rings. The Labute approximate surface area is 174 Å². The predicted molar refractivity (Wildman–Crippen MR) is 119 cm³/mol. The molecule has 0 bridgehead atoms. The lowest BCUT2D eigenvalue weighted by Gasteiger charge is -2.04. The number of aliphatic imine (C=N–C) groups is 1. The van der Waals surface area contributed by atoms with Gasteiger partial charge in [-0.15, -0.1) is 0 Å². The van der Waals surface area contributed by atoms with Crippen molar-refractivity contribution in [3.63, 3.8) is 0 Å². The fourth-order valence-corrected chi connectivity index (χ4v) is 4.02. The van der Waals surface area contributed by atoms with Crippen molar-refractivity contribution in [3.05, 3.63) is 82.5 Å². The van der Waals surface area contributed by atoms with Gasteiger partial charge in [0, 0.05) is 18.1 Å². The molecular weight excluding hydrogens is 382 g/mol. The maximum Gasteiger partial charge on any atom is 0.264 e. The number of hydrogen-bond donors (Lipinski definition) is 1. The van der Waals surface area contributed by atoms with E-state index in [0.29, 0.717) is 10.1 Å². The minimum Gasteiger partial charge on any atom is -0.497 e. The zero-order valence-electron chi connectivity index (χ0n) is 16.5. The van der Waals surface area contributed by atoms with Gasteiger partial charge in [0.1, 0.15) is 5.75 Å². The van der Waals surface area contributed by atoms with Gasteiger partial charge >= 0.3 is 0 Å². The number of benzene rings is 2. The van der Waals surface area contributed by atoms with Crippen LogP contribution in [-0.4, -0.2) is 22.8 Å². The summed E-state index contributed by atoms with van der Waals surface area (Å²) >= 11 is 1.35. The van der Waals surface area contributed by atoms with Crippen LogP contribution in [0.3, 0.4) is 0 Å². The van der Waals surface area contributed by atoms with Gasteiger partial charge in [0.25, 0.3) is 5.91 Å². The summed E-state index contributed by atoms with van der Waals surface area (Å²) in [5.41, 5.74) is 5.11. The second-order valence-electron chi connectivity index (χ2n) is 6.88. The van der Waals surface area contributed by atoms with Gasteiger partial charge < -0.3 is 14.6 Å². The van der Waals surface area contributed by atoms with Crippen LogP contribution >= 0.6 is 11.8 Å². The van der Waals surface area contributed by atoms with E-state index in [0.717, 1.165) is 33.8 Å². The highest BCUT2D eigenvalue weighted by molar-refractivity contribution is 8.18. The Bertz CT molecular complexity index is 1110. The monoisotopic (exact) mass is 403 g/mol. The number of aromatic nitrogens is 1. The van der Waals surface area contributed by atoms with E-state index in [1.165, 1.54) is 11.8 Å². The molecule has 1 amide bonds. The highest BCUT2D eigenvalue weighted by Crippen LogP contribution is 2.29. The largest absolute Gasteiger partial charge is 0.497 e. The molecule has 2 aromatic carbocycles. The number of carbonyl (C=O) groups excluding carboxylic acids is 1. The van der Waals surface area contributed by atoms with Crippen LogP contribution in [0.25, 0.3) is 11.8 Å². The molecule has 6 heteroatoms. The van der Waals surface area contributed by atoms with Crippen LogP contribution in [0.5, 0.6) is 5.75 Å². The molecule has 0 saturated carbocycles. The zero-order valence-corrected chi connectivity index (χ0v) is 17.3. The van der Waals surface area contributed by atoms with Crippen molar-refractivity contribution in [2.75, 3.05) is 7.11 Å². The number of rotatable bonds is 4. The third kappa shape index (κ3) is 4.43. The SMILES string of the molecule is COc1ccc(-n2ccc(/C=C3/SC(=Nc4cc(C)cc(C)c4)NC3=O)c2)cc1. The Morgan fingerprint density at radius 2 is 1.79 bits per heavy atom. The zero-order chi connectivity index (χ0) is 20.4. The van der Waals surface area contributed by atoms with E-state index in [1.54, 1.807) is 7.11 Å². The molecule has 3 aromatic rings. The van der Waals surface area contributed by atoms with Gasteiger partial charge in [-0.2, -0.15) is 0 Å². The molecule has 0 unspecified atom stereocenters. The second-order valence-corrected chi connectivity index (χ2v) is 7.91. The third-order valence-electron chi connectivity index (χ3n) is 4.47. The minimum atomic E-state index is -0.129. The van der Waals surface area contributed by atoms with Crippen LogP contribution in [0.2, 0.25) is 0 Å². The maximum absolute atomic E-state index is 12.4. The first kappa shape index (κ1) is 19.1. The van der Waals surface area contributed by atoms with Crippen molar-refractivity contribution in [2.45, 2.75) is 13.8 Å². The average molecular weight is 404 g/mol. The van der Waals surface area contributed by atoms with E-state index in [2.05, 4.69) is 16.4 Å². The molecule has 0 spiro atoms. The molecule has 4 rings (SSSR count).